The molecular formula is C11H17N3O5. The first-order valence-electron chi connectivity index (χ1n) is 5.80. The number of cyclic esters (lactones) is 1. The third kappa shape index (κ3) is 4.23. The van der Waals surface area contributed by atoms with Gasteiger partial charge in [-0.15, -0.1) is 0 Å². The van der Waals surface area contributed by atoms with E-state index >= 15 is 0 Å². The molecule has 0 unspecified atom stereocenters. The summed E-state index contributed by atoms with van der Waals surface area (Å²) in [6, 6.07) is -1.65. The molecule has 3 N–H and O–H groups in total. The summed E-state index contributed by atoms with van der Waals surface area (Å²) in [5.74, 6) is -1.67. The first kappa shape index (κ1) is 14.9. The zero-order valence-electron chi connectivity index (χ0n) is 11.0. The maximum absolute atomic E-state index is 11.7. The van der Waals surface area contributed by atoms with Crippen LogP contribution in [-0.2, 0) is 23.9 Å². The number of carbonyl (C=O) groups is 4. The number of esters is 1. The highest BCUT2D eigenvalue weighted by Crippen LogP contribution is 2.16. The fourth-order valence-corrected chi connectivity index (χ4v) is 1.85. The van der Waals surface area contributed by atoms with Gasteiger partial charge in [0, 0.05) is 20.8 Å². The molecule has 3 atom stereocenters. The van der Waals surface area contributed by atoms with E-state index in [1.54, 1.807) is 0 Å². The second-order valence-electron chi connectivity index (χ2n) is 4.32. The van der Waals surface area contributed by atoms with Crippen molar-refractivity contribution in [3.05, 3.63) is 0 Å². The summed E-state index contributed by atoms with van der Waals surface area (Å²) in [7, 11) is 0. The zero-order valence-corrected chi connectivity index (χ0v) is 11.0. The van der Waals surface area contributed by atoms with Crippen LogP contribution in [0.4, 0.5) is 0 Å². The number of amides is 3. The van der Waals surface area contributed by atoms with Crippen molar-refractivity contribution >= 4 is 23.7 Å². The molecule has 3 amide bonds. The minimum atomic E-state index is -0.944. The molecule has 1 saturated heterocycles. The zero-order chi connectivity index (χ0) is 14.6. The van der Waals surface area contributed by atoms with Crippen LogP contribution in [-0.4, -0.2) is 48.4 Å². The largest absolute Gasteiger partial charge is 0.457 e. The Labute approximate surface area is 110 Å². The van der Waals surface area contributed by atoms with Gasteiger partial charge in [0.15, 0.2) is 6.04 Å². The van der Waals surface area contributed by atoms with Crippen LogP contribution in [0.3, 0.4) is 0 Å². The van der Waals surface area contributed by atoms with Crippen LogP contribution in [0, 0.1) is 0 Å². The molecule has 0 aromatic carbocycles. The molecule has 0 aromatic heterocycles. The first-order chi connectivity index (χ1) is 8.81. The highest BCUT2D eigenvalue weighted by Gasteiger charge is 2.45. The van der Waals surface area contributed by atoms with Crippen LogP contribution in [0.25, 0.3) is 0 Å². The Morgan fingerprint density at radius 1 is 1.05 bits per heavy atom. The minimum Gasteiger partial charge on any atom is -0.457 e. The molecule has 8 nitrogen and oxygen atoms in total. The monoisotopic (exact) mass is 271 g/mol. The van der Waals surface area contributed by atoms with E-state index in [2.05, 4.69) is 16.0 Å². The molecule has 1 aliphatic rings. The van der Waals surface area contributed by atoms with Crippen molar-refractivity contribution in [3.8, 4) is 0 Å². The predicted octanol–water partition coefficient (Wildman–Crippen LogP) is -1.94. The fourth-order valence-electron chi connectivity index (χ4n) is 1.85. The van der Waals surface area contributed by atoms with Crippen molar-refractivity contribution in [2.75, 3.05) is 6.54 Å². The Balaban J connectivity index is 2.79. The summed E-state index contributed by atoms with van der Waals surface area (Å²) >= 11 is 0. The Kier molecular flexibility index (Phi) is 4.85. The Hall–Kier alpha value is -2.12. The lowest BCUT2D eigenvalue weighted by atomic mass is 10.1. The van der Waals surface area contributed by atoms with Crippen molar-refractivity contribution in [1.29, 1.82) is 0 Å². The average molecular weight is 271 g/mol. The summed E-state index contributed by atoms with van der Waals surface area (Å²) in [5, 5.41) is 7.48. The van der Waals surface area contributed by atoms with Gasteiger partial charge in [0.25, 0.3) is 0 Å². The number of carbonyl (C=O) groups excluding carboxylic acids is 4. The summed E-state index contributed by atoms with van der Waals surface area (Å²) < 4.78 is 5.06. The van der Waals surface area contributed by atoms with Crippen LogP contribution in [0.1, 0.15) is 20.8 Å². The number of hydrogen-bond acceptors (Lipinski definition) is 5. The van der Waals surface area contributed by atoms with Crippen LogP contribution >= 0.6 is 0 Å². The SMILES string of the molecule is CC(=O)NC[C@H]1OC(=O)[C@H](NC(C)=O)[C@H]1NC(C)=O. The van der Waals surface area contributed by atoms with E-state index in [9.17, 15) is 19.2 Å². The Bertz CT molecular complexity index is 409. The molecule has 0 aliphatic carbocycles. The molecule has 1 fully saturated rings. The third-order valence-corrected chi connectivity index (χ3v) is 2.56. The standard InChI is InChI=1S/C11H17N3O5/c1-5(15)12-4-8-9(13-6(2)16)10(11(18)19-8)14-7(3)17/h8-10H,4H2,1-3H3,(H,12,15)(H,13,16)(H,14,17)/t8-,9+,10-/m1/s1. The summed E-state index contributed by atoms with van der Waals surface area (Å²) in [6.07, 6.45) is -0.711. The molecule has 106 valence electrons. The van der Waals surface area contributed by atoms with Crippen molar-refractivity contribution in [3.63, 3.8) is 0 Å². The number of nitrogens with one attached hydrogen (secondary N) is 3. The lowest BCUT2D eigenvalue weighted by molar-refractivity contribution is -0.144. The topological polar surface area (TPSA) is 114 Å². The number of ether oxygens (including phenoxy) is 1. The molecule has 1 rings (SSSR count). The summed E-state index contributed by atoms with van der Waals surface area (Å²) in [4.78, 5) is 44.7. The van der Waals surface area contributed by atoms with Gasteiger partial charge < -0.3 is 20.7 Å². The normalized spacial score (nSPS) is 25.4. The maximum atomic E-state index is 11.7. The van der Waals surface area contributed by atoms with E-state index in [-0.39, 0.29) is 18.4 Å². The van der Waals surface area contributed by atoms with E-state index in [4.69, 9.17) is 4.74 Å². The van der Waals surface area contributed by atoms with E-state index in [0.717, 1.165) is 0 Å². The molecule has 0 saturated carbocycles. The fraction of sp³-hybridized carbons (Fsp3) is 0.636. The lowest BCUT2D eigenvalue weighted by Gasteiger charge is -2.21. The number of hydrogen-bond donors (Lipinski definition) is 3. The maximum Gasteiger partial charge on any atom is 0.331 e. The number of rotatable bonds is 4. The van der Waals surface area contributed by atoms with Gasteiger partial charge in [-0.2, -0.15) is 0 Å². The van der Waals surface area contributed by atoms with E-state index in [1.165, 1.54) is 20.8 Å². The highest BCUT2D eigenvalue weighted by molar-refractivity contribution is 5.87. The quantitative estimate of drug-likeness (QED) is 0.515. The molecule has 8 heteroatoms. The van der Waals surface area contributed by atoms with Crippen LogP contribution in [0.15, 0.2) is 0 Å². The third-order valence-electron chi connectivity index (χ3n) is 2.56. The summed E-state index contributed by atoms with van der Waals surface area (Å²) in [6.45, 7) is 3.96. The van der Waals surface area contributed by atoms with Crippen molar-refractivity contribution in [2.24, 2.45) is 0 Å². The van der Waals surface area contributed by atoms with E-state index in [1.807, 2.05) is 0 Å². The molecule has 0 radical (unpaired) electrons. The van der Waals surface area contributed by atoms with Gasteiger partial charge in [0.2, 0.25) is 17.7 Å². The first-order valence-corrected chi connectivity index (χ1v) is 5.80. The van der Waals surface area contributed by atoms with Crippen molar-refractivity contribution < 1.29 is 23.9 Å². The second kappa shape index (κ2) is 6.17. The molecule has 19 heavy (non-hydrogen) atoms. The average Bonchev–Trinajstić information content (AvgIpc) is 2.53. The Morgan fingerprint density at radius 2 is 1.63 bits per heavy atom. The Morgan fingerprint density at radius 3 is 2.11 bits per heavy atom. The second-order valence-corrected chi connectivity index (χ2v) is 4.32. The molecular weight excluding hydrogens is 254 g/mol. The molecule has 1 aliphatic heterocycles. The van der Waals surface area contributed by atoms with Gasteiger partial charge in [-0.05, 0) is 0 Å². The van der Waals surface area contributed by atoms with Gasteiger partial charge >= 0.3 is 5.97 Å². The highest BCUT2D eigenvalue weighted by atomic mass is 16.6. The molecule has 0 bridgehead atoms. The molecule has 0 spiro atoms. The van der Waals surface area contributed by atoms with Crippen LogP contribution in [0.2, 0.25) is 0 Å². The molecule has 0 aromatic rings. The van der Waals surface area contributed by atoms with E-state index < -0.39 is 30.1 Å². The molecule has 1 heterocycles. The predicted molar refractivity (Wildman–Crippen MR) is 63.8 cm³/mol. The van der Waals surface area contributed by atoms with Crippen molar-refractivity contribution in [2.45, 2.75) is 39.0 Å². The smallest absolute Gasteiger partial charge is 0.331 e. The lowest BCUT2D eigenvalue weighted by Crippen LogP contribution is -2.55. The van der Waals surface area contributed by atoms with Gasteiger partial charge in [0.1, 0.15) is 6.10 Å². The summed E-state index contributed by atoms with van der Waals surface area (Å²) in [5.41, 5.74) is 0. The minimum absolute atomic E-state index is 0.0715. The van der Waals surface area contributed by atoms with Gasteiger partial charge in [-0.3, -0.25) is 14.4 Å². The van der Waals surface area contributed by atoms with Crippen LogP contribution < -0.4 is 16.0 Å². The van der Waals surface area contributed by atoms with Crippen LogP contribution in [0.5, 0.6) is 0 Å². The van der Waals surface area contributed by atoms with Gasteiger partial charge in [0.05, 0.1) is 12.6 Å². The van der Waals surface area contributed by atoms with Crippen molar-refractivity contribution in [1.82, 2.24) is 16.0 Å². The van der Waals surface area contributed by atoms with Gasteiger partial charge in [-0.1, -0.05) is 0 Å². The van der Waals surface area contributed by atoms with Gasteiger partial charge in [-0.25, -0.2) is 4.79 Å². The van der Waals surface area contributed by atoms with E-state index in [0.29, 0.717) is 0 Å².